The molecule has 0 saturated heterocycles. The minimum Gasteiger partial charge on any atom is -0.484 e. The fourth-order valence-corrected chi connectivity index (χ4v) is 2.30. The topological polar surface area (TPSA) is 67.4 Å². The zero-order valence-electron chi connectivity index (χ0n) is 13.6. The number of aryl methyl sites for hydroxylation is 1. The largest absolute Gasteiger partial charge is 0.484 e. The molecule has 0 spiro atoms. The molecule has 5 nitrogen and oxygen atoms in total. The van der Waals surface area contributed by atoms with Crippen molar-refractivity contribution in [3.8, 4) is 5.75 Å². The minimum atomic E-state index is -0.288. The van der Waals surface area contributed by atoms with Gasteiger partial charge in [0, 0.05) is 22.3 Å². The third-order valence-corrected chi connectivity index (χ3v) is 4.13. The summed E-state index contributed by atoms with van der Waals surface area (Å²) < 4.78 is 6.47. The van der Waals surface area contributed by atoms with Gasteiger partial charge in [0.25, 0.3) is 11.8 Å². The van der Waals surface area contributed by atoms with Gasteiger partial charge < -0.3 is 15.4 Å². The molecule has 0 heterocycles. The molecule has 0 bridgehead atoms. The second kappa shape index (κ2) is 8.49. The van der Waals surface area contributed by atoms with Gasteiger partial charge in [-0.25, -0.2) is 0 Å². The molecule has 0 saturated carbocycles. The number of anilines is 1. The summed E-state index contributed by atoms with van der Waals surface area (Å²) >= 11 is 3.42. The Morgan fingerprint density at radius 2 is 1.96 bits per heavy atom. The normalized spacial score (nSPS) is 10.1. The van der Waals surface area contributed by atoms with Crippen LogP contribution in [0, 0.1) is 6.92 Å². The highest BCUT2D eigenvalue weighted by molar-refractivity contribution is 9.10. The first-order chi connectivity index (χ1) is 11.5. The van der Waals surface area contributed by atoms with Crippen LogP contribution in [0.1, 0.15) is 22.8 Å². The minimum absolute atomic E-state index is 0.105. The van der Waals surface area contributed by atoms with E-state index >= 15 is 0 Å². The molecule has 0 aliphatic rings. The van der Waals surface area contributed by atoms with Crippen LogP contribution in [0.5, 0.6) is 5.75 Å². The summed E-state index contributed by atoms with van der Waals surface area (Å²) in [6.45, 7) is 4.25. The Kier molecular flexibility index (Phi) is 6.37. The van der Waals surface area contributed by atoms with Crippen LogP contribution < -0.4 is 15.4 Å². The Morgan fingerprint density at radius 1 is 1.17 bits per heavy atom. The summed E-state index contributed by atoms with van der Waals surface area (Å²) in [6.07, 6.45) is 0. The first-order valence-corrected chi connectivity index (χ1v) is 8.36. The predicted molar refractivity (Wildman–Crippen MR) is 97.5 cm³/mol. The van der Waals surface area contributed by atoms with Crippen LogP contribution >= 0.6 is 15.9 Å². The van der Waals surface area contributed by atoms with Crippen LogP contribution in [0.3, 0.4) is 0 Å². The van der Waals surface area contributed by atoms with Gasteiger partial charge in [0.2, 0.25) is 0 Å². The maximum atomic E-state index is 12.0. The molecule has 0 aliphatic heterocycles. The van der Waals surface area contributed by atoms with E-state index < -0.39 is 0 Å². The SMILES string of the molecule is CCNC(=O)c1cccc(NC(=O)COc2ccc(Br)c(C)c2)c1. The van der Waals surface area contributed by atoms with Gasteiger partial charge in [-0.1, -0.05) is 22.0 Å². The van der Waals surface area contributed by atoms with Crippen molar-refractivity contribution in [1.82, 2.24) is 5.32 Å². The Morgan fingerprint density at radius 3 is 2.67 bits per heavy atom. The lowest BCUT2D eigenvalue weighted by Gasteiger charge is -2.10. The van der Waals surface area contributed by atoms with Crippen molar-refractivity contribution in [1.29, 1.82) is 0 Å². The first kappa shape index (κ1) is 18.0. The summed E-state index contributed by atoms with van der Waals surface area (Å²) in [5, 5.41) is 5.44. The lowest BCUT2D eigenvalue weighted by atomic mass is 10.2. The fraction of sp³-hybridized carbons (Fsp3) is 0.222. The van der Waals surface area contributed by atoms with E-state index in [1.807, 2.05) is 26.0 Å². The molecule has 2 rings (SSSR count). The van der Waals surface area contributed by atoms with E-state index in [-0.39, 0.29) is 18.4 Å². The fourth-order valence-electron chi connectivity index (χ4n) is 2.05. The second-order valence-electron chi connectivity index (χ2n) is 5.19. The number of hydrogen-bond acceptors (Lipinski definition) is 3. The van der Waals surface area contributed by atoms with Gasteiger partial charge in [-0.2, -0.15) is 0 Å². The van der Waals surface area contributed by atoms with Crippen molar-refractivity contribution in [2.75, 3.05) is 18.5 Å². The molecule has 2 aromatic rings. The average molecular weight is 391 g/mol. The van der Waals surface area contributed by atoms with Crippen LogP contribution in [0.15, 0.2) is 46.9 Å². The summed E-state index contributed by atoms with van der Waals surface area (Å²) in [5.74, 6) is 0.167. The molecular weight excluding hydrogens is 372 g/mol. The molecule has 2 aromatic carbocycles. The highest BCUT2D eigenvalue weighted by Gasteiger charge is 2.08. The number of rotatable bonds is 6. The van der Waals surface area contributed by atoms with Gasteiger partial charge in [-0.05, 0) is 55.8 Å². The molecule has 0 radical (unpaired) electrons. The van der Waals surface area contributed by atoms with Crippen molar-refractivity contribution < 1.29 is 14.3 Å². The van der Waals surface area contributed by atoms with E-state index in [0.29, 0.717) is 23.5 Å². The summed E-state index contributed by atoms with van der Waals surface area (Å²) in [6, 6.07) is 12.3. The maximum Gasteiger partial charge on any atom is 0.262 e. The zero-order chi connectivity index (χ0) is 17.5. The number of halogens is 1. The number of benzene rings is 2. The number of ether oxygens (including phenoxy) is 1. The van der Waals surface area contributed by atoms with E-state index in [1.54, 1.807) is 30.3 Å². The zero-order valence-corrected chi connectivity index (χ0v) is 15.1. The van der Waals surface area contributed by atoms with Gasteiger partial charge >= 0.3 is 0 Å². The number of carbonyl (C=O) groups is 2. The van der Waals surface area contributed by atoms with E-state index in [2.05, 4.69) is 26.6 Å². The van der Waals surface area contributed by atoms with Crippen LogP contribution in [-0.2, 0) is 4.79 Å². The maximum absolute atomic E-state index is 12.0. The Labute approximate surface area is 149 Å². The molecule has 0 aromatic heterocycles. The molecular formula is C18H19BrN2O3. The summed E-state index contributed by atoms with van der Waals surface area (Å²) in [5.41, 5.74) is 2.08. The molecule has 24 heavy (non-hydrogen) atoms. The van der Waals surface area contributed by atoms with Crippen molar-refractivity contribution >= 4 is 33.4 Å². The lowest BCUT2D eigenvalue weighted by Crippen LogP contribution is -2.23. The van der Waals surface area contributed by atoms with Crippen LogP contribution in [0.2, 0.25) is 0 Å². The first-order valence-electron chi connectivity index (χ1n) is 7.56. The van der Waals surface area contributed by atoms with Crippen LogP contribution in [-0.4, -0.2) is 25.0 Å². The number of nitrogens with one attached hydrogen (secondary N) is 2. The van der Waals surface area contributed by atoms with Gasteiger partial charge in [0.05, 0.1) is 0 Å². The van der Waals surface area contributed by atoms with Gasteiger partial charge in [-0.3, -0.25) is 9.59 Å². The van der Waals surface area contributed by atoms with Gasteiger partial charge in [-0.15, -0.1) is 0 Å². The predicted octanol–water partition coefficient (Wildman–Crippen LogP) is 3.52. The highest BCUT2D eigenvalue weighted by atomic mass is 79.9. The van der Waals surface area contributed by atoms with Crippen molar-refractivity contribution in [3.63, 3.8) is 0 Å². The molecule has 6 heteroatoms. The second-order valence-corrected chi connectivity index (χ2v) is 6.04. The molecule has 0 fully saturated rings. The number of hydrogen-bond donors (Lipinski definition) is 2. The van der Waals surface area contributed by atoms with Crippen molar-refractivity contribution in [3.05, 3.63) is 58.1 Å². The molecule has 126 valence electrons. The average Bonchev–Trinajstić information content (AvgIpc) is 2.56. The van der Waals surface area contributed by atoms with E-state index in [1.165, 1.54) is 0 Å². The van der Waals surface area contributed by atoms with E-state index in [9.17, 15) is 9.59 Å². The Hall–Kier alpha value is -2.34. The third kappa shape index (κ3) is 5.09. The smallest absolute Gasteiger partial charge is 0.262 e. The highest BCUT2D eigenvalue weighted by Crippen LogP contribution is 2.21. The quantitative estimate of drug-likeness (QED) is 0.792. The number of carbonyl (C=O) groups excluding carboxylic acids is 2. The van der Waals surface area contributed by atoms with Crippen molar-refractivity contribution in [2.45, 2.75) is 13.8 Å². The van der Waals surface area contributed by atoms with Crippen LogP contribution in [0.4, 0.5) is 5.69 Å². The molecule has 2 amide bonds. The van der Waals surface area contributed by atoms with Crippen molar-refractivity contribution in [2.24, 2.45) is 0 Å². The van der Waals surface area contributed by atoms with E-state index in [0.717, 1.165) is 10.0 Å². The van der Waals surface area contributed by atoms with Crippen LogP contribution in [0.25, 0.3) is 0 Å². The molecule has 0 unspecified atom stereocenters. The van der Waals surface area contributed by atoms with E-state index in [4.69, 9.17) is 4.74 Å². The summed E-state index contributed by atoms with van der Waals surface area (Å²) in [7, 11) is 0. The summed E-state index contributed by atoms with van der Waals surface area (Å²) in [4.78, 5) is 23.8. The Balaban J connectivity index is 1.93. The monoisotopic (exact) mass is 390 g/mol. The van der Waals surface area contributed by atoms with Gasteiger partial charge in [0.1, 0.15) is 5.75 Å². The molecule has 0 atom stereocenters. The number of amides is 2. The molecule has 2 N–H and O–H groups in total. The lowest BCUT2D eigenvalue weighted by molar-refractivity contribution is -0.118. The molecule has 0 aliphatic carbocycles. The standard InChI is InChI=1S/C18H19BrN2O3/c1-3-20-18(23)13-5-4-6-14(10-13)21-17(22)11-24-15-7-8-16(19)12(2)9-15/h4-10H,3,11H2,1-2H3,(H,20,23)(H,21,22). The van der Waals surface area contributed by atoms with Gasteiger partial charge in [0.15, 0.2) is 6.61 Å². The third-order valence-electron chi connectivity index (χ3n) is 3.25. The Bertz CT molecular complexity index is 747.